The Morgan fingerprint density at radius 2 is 1.79 bits per heavy atom. The molecule has 0 spiro atoms. The van der Waals surface area contributed by atoms with Gasteiger partial charge in [0.1, 0.15) is 0 Å². The second-order valence-electron chi connectivity index (χ2n) is 5.98. The first-order chi connectivity index (χ1) is 9.14. The SMILES string of the molecule is CC[C@@H](N)c1ccc(N2CCC(CC)(CC)C2)cc1. The standard InChI is InChI=1S/C17H28N2/c1-4-16(18)14-7-9-15(10-8-14)19-12-11-17(5-2,6-3)13-19/h7-10,16H,4-6,11-13,18H2,1-3H3/t16-/m1/s1. The van der Waals surface area contributed by atoms with Crippen molar-refractivity contribution >= 4 is 5.69 Å². The minimum absolute atomic E-state index is 0.179. The van der Waals surface area contributed by atoms with E-state index in [-0.39, 0.29) is 6.04 Å². The van der Waals surface area contributed by atoms with Crippen LogP contribution >= 0.6 is 0 Å². The molecule has 2 heteroatoms. The molecule has 0 radical (unpaired) electrons. The van der Waals surface area contributed by atoms with E-state index < -0.39 is 0 Å². The Hall–Kier alpha value is -1.02. The molecule has 1 aromatic carbocycles. The van der Waals surface area contributed by atoms with Gasteiger partial charge in [-0.1, -0.05) is 32.9 Å². The molecule has 1 fully saturated rings. The van der Waals surface area contributed by atoms with Crippen molar-refractivity contribution in [3.63, 3.8) is 0 Å². The van der Waals surface area contributed by atoms with Crippen molar-refractivity contribution in [3.05, 3.63) is 29.8 Å². The molecule has 0 saturated carbocycles. The third-order valence-electron chi connectivity index (χ3n) is 5.06. The molecule has 19 heavy (non-hydrogen) atoms. The molecule has 2 N–H and O–H groups in total. The summed E-state index contributed by atoms with van der Waals surface area (Å²) in [6.45, 7) is 9.20. The molecule has 0 unspecified atom stereocenters. The van der Waals surface area contributed by atoms with Gasteiger partial charge in [-0.3, -0.25) is 0 Å². The van der Waals surface area contributed by atoms with Crippen LogP contribution < -0.4 is 10.6 Å². The predicted octanol–water partition coefficient (Wildman–Crippen LogP) is 4.11. The highest BCUT2D eigenvalue weighted by atomic mass is 15.2. The van der Waals surface area contributed by atoms with Gasteiger partial charge in [-0.25, -0.2) is 0 Å². The van der Waals surface area contributed by atoms with Gasteiger partial charge >= 0.3 is 0 Å². The van der Waals surface area contributed by atoms with Gasteiger partial charge in [-0.05, 0) is 48.8 Å². The van der Waals surface area contributed by atoms with Crippen LogP contribution in [-0.2, 0) is 0 Å². The van der Waals surface area contributed by atoms with Gasteiger partial charge in [0.15, 0.2) is 0 Å². The van der Waals surface area contributed by atoms with Crippen LogP contribution in [0, 0.1) is 5.41 Å². The van der Waals surface area contributed by atoms with Crippen LogP contribution in [0.3, 0.4) is 0 Å². The van der Waals surface area contributed by atoms with Crippen molar-refractivity contribution in [1.82, 2.24) is 0 Å². The molecule has 0 aliphatic carbocycles. The first-order valence-corrected chi connectivity index (χ1v) is 7.74. The molecule has 1 saturated heterocycles. The maximum atomic E-state index is 6.07. The van der Waals surface area contributed by atoms with Gasteiger partial charge < -0.3 is 10.6 Å². The van der Waals surface area contributed by atoms with Crippen molar-refractivity contribution in [2.45, 2.75) is 52.5 Å². The molecule has 106 valence electrons. The van der Waals surface area contributed by atoms with Crippen molar-refractivity contribution in [3.8, 4) is 0 Å². The van der Waals surface area contributed by atoms with Crippen LogP contribution in [0.15, 0.2) is 24.3 Å². The zero-order valence-corrected chi connectivity index (χ0v) is 12.7. The second-order valence-corrected chi connectivity index (χ2v) is 5.98. The lowest BCUT2D eigenvalue weighted by Crippen LogP contribution is -2.26. The van der Waals surface area contributed by atoms with Gasteiger partial charge in [0.2, 0.25) is 0 Å². The van der Waals surface area contributed by atoms with E-state index in [4.69, 9.17) is 5.73 Å². The van der Waals surface area contributed by atoms with Gasteiger partial charge in [-0.15, -0.1) is 0 Å². The topological polar surface area (TPSA) is 29.3 Å². The Kier molecular flexibility index (Phi) is 4.51. The molecular formula is C17H28N2. The molecule has 1 aliphatic rings. The number of anilines is 1. The zero-order valence-electron chi connectivity index (χ0n) is 12.7. The second kappa shape index (κ2) is 5.96. The third kappa shape index (κ3) is 2.94. The predicted molar refractivity (Wildman–Crippen MR) is 83.5 cm³/mol. The van der Waals surface area contributed by atoms with Crippen LogP contribution in [0.2, 0.25) is 0 Å². The van der Waals surface area contributed by atoms with Crippen molar-refractivity contribution < 1.29 is 0 Å². The summed E-state index contributed by atoms with van der Waals surface area (Å²) in [5, 5.41) is 0. The lowest BCUT2D eigenvalue weighted by molar-refractivity contribution is 0.301. The monoisotopic (exact) mass is 260 g/mol. The summed E-state index contributed by atoms with van der Waals surface area (Å²) < 4.78 is 0. The Morgan fingerprint density at radius 3 is 2.26 bits per heavy atom. The molecule has 1 aromatic rings. The highest BCUT2D eigenvalue weighted by molar-refractivity contribution is 5.49. The number of nitrogens with two attached hydrogens (primary N) is 1. The third-order valence-corrected chi connectivity index (χ3v) is 5.06. The minimum atomic E-state index is 0.179. The molecule has 0 bridgehead atoms. The maximum absolute atomic E-state index is 6.07. The van der Waals surface area contributed by atoms with Gasteiger partial charge in [0.05, 0.1) is 0 Å². The van der Waals surface area contributed by atoms with E-state index in [1.54, 1.807) is 0 Å². The van der Waals surface area contributed by atoms with E-state index >= 15 is 0 Å². The number of benzene rings is 1. The van der Waals surface area contributed by atoms with E-state index in [1.165, 1.54) is 43.6 Å². The summed E-state index contributed by atoms with van der Waals surface area (Å²) in [7, 11) is 0. The zero-order chi connectivity index (χ0) is 13.9. The highest BCUT2D eigenvalue weighted by Crippen LogP contribution is 2.39. The number of nitrogens with zero attached hydrogens (tertiary/aromatic N) is 1. The molecule has 2 nitrogen and oxygen atoms in total. The van der Waals surface area contributed by atoms with Gasteiger partial charge in [0, 0.05) is 24.8 Å². The lowest BCUT2D eigenvalue weighted by atomic mass is 9.82. The van der Waals surface area contributed by atoms with Crippen molar-refractivity contribution in [1.29, 1.82) is 0 Å². The Balaban J connectivity index is 2.08. The highest BCUT2D eigenvalue weighted by Gasteiger charge is 2.34. The number of hydrogen-bond donors (Lipinski definition) is 1. The van der Waals surface area contributed by atoms with Crippen LogP contribution in [0.5, 0.6) is 0 Å². The minimum Gasteiger partial charge on any atom is -0.371 e. The Labute approximate surface area is 118 Å². The van der Waals surface area contributed by atoms with Crippen LogP contribution in [0.25, 0.3) is 0 Å². The first-order valence-electron chi connectivity index (χ1n) is 7.74. The lowest BCUT2D eigenvalue weighted by Gasteiger charge is -2.27. The average Bonchev–Trinajstić information content (AvgIpc) is 2.92. The van der Waals surface area contributed by atoms with E-state index in [2.05, 4.69) is 49.9 Å². The van der Waals surface area contributed by atoms with Crippen LogP contribution in [0.4, 0.5) is 5.69 Å². The normalized spacial score (nSPS) is 19.7. The van der Waals surface area contributed by atoms with Crippen molar-refractivity contribution in [2.75, 3.05) is 18.0 Å². The summed E-state index contributed by atoms with van der Waals surface area (Å²) in [5.41, 5.74) is 9.22. The molecule has 1 atom stereocenters. The summed E-state index contributed by atoms with van der Waals surface area (Å²) in [4.78, 5) is 2.54. The smallest absolute Gasteiger partial charge is 0.0366 e. The van der Waals surface area contributed by atoms with E-state index in [1.807, 2.05) is 0 Å². The fourth-order valence-electron chi connectivity index (χ4n) is 3.15. The average molecular weight is 260 g/mol. The van der Waals surface area contributed by atoms with Crippen molar-refractivity contribution in [2.24, 2.45) is 11.1 Å². The molecule has 1 heterocycles. The Morgan fingerprint density at radius 1 is 1.16 bits per heavy atom. The van der Waals surface area contributed by atoms with Gasteiger partial charge in [0.25, 0.3) is 0 Å². The quantitative estimate of drug-likeness (QED) is 0.863. The molecule has 0 aromatic heterocycles. The fourth-order valence-corrected chi connectivity index (χ4v) is 3.15. The summed E-state index contributed by atoms with van der Waals surface area (Å²) in [6, 6.07) is 9.05. The fraction of sp³-hybridized carbons (Fsp3) is 0.647. The molecular weight excluding hydrogens is 232 g/mol. The van der Waals surface area contributed by atoms with Crippen LogP contribution in [-0.4, -0.2) is 13.1 Å². The summed E-state index contributed by atoms with van der Waals surface area (Å²) in [5.74, 6) is 0. The molecule has 0 amide bonds. The van der Waals surface area contributed by atoms with Gasteiger partial charge in [-0.2, -0.15) is 0 Å². The number of hydrogen-bond acceptors (Lipinski definition) is 2. The van der Waals surface area contributed by atoms with E-state index in [0.717, 1.165) is 6.42 Å². The first kappa shape index (κ1) is 14.4. The maximum Gasteiger partial charge on any atom is 0.0366 e. The largest absolute Gasteiger partial charge is 0.371 e. The van der Waals surface area contributed by atoms with E-state index in [9.17, 15) is 0 Å². The molecule has 1 aliphatic heterocycles. The van der Waals surface area contributed by atoms with E-state index in [0.29, 0.717) is 5.41 Å². The Bertz CT molecular complexity index is 392. The summed E-state index contributed by atoms with van der Waals surface area (Å²) >= 11 is 0. The number of rotatable bonds is 5. The summed E-state index contributed by atoms with van der Waals surface area (Å²) in [6.07, 6.45) is 4.91. The molecule has 2 rings (SSSR count). The van der Waals surface area contributed by atoms with Crippen LogP contribution in [0.1, 0.15) is 58.1 Å².